The average molecular weight is 325 g/mol. The minimum atomic E-state index is -0.386. The summed E-state index contributed by atoms with van der Waals surface area (Å²) in [5.74, 6) is 0. The van der Waals surface area contributed by atoms with Gasteiger partial charge in [-0.15, -0.1) is 0 Å². The summed E-state index contributed by atoms with van der Waals surface area (Å²) < 4.78 is 4.13. The fourth-order valence-corrected chi connectivity index (χ4v) is 2.25. The summed E-state index contributed by atoms with van der Waals surface area (Å²) in [5, 5.41) is 14.2. The van der Waals surface area contributed by atoms with Crippen molar-refractivity contribution in [3.63, 3.8) is 0 Å². The van der Waals surface area contributed by atoms with Gasteiger partial charge in [-0.25, -0.2) is 9.13 Å². The van der Waals surface area contributed by atoms with Crippen LogP contribution in [0.2, 0.25) is 0 Å². The maximum atomic E-state index is 10.7. The van der Waals surface area contributed by atoms with Gasteiger partial charge < -0.3 is 17.7 Å². The first-order chi connectivity index (χ1) is 9.92. The van der Waals surface area contributed by atoms with Crippen LogP contribution in [0, 0.1) is 10.1 Å². The maximum Gasteiger partial charge on any atom is 0.269 e. The number of nitro groups is 1. The highest BCUT2D eigenvalue weighted by atomic mass is 35.5. The smallest absolute Gasteiger partial charge is 0.269 e. The van der Waals surface area contributed by atoms with E-state index in [-0.39, 0.29) is 28.6 Å². The molecule has 0 fully saturated rings. The number of hydrogen-bond donors (Lipinski definition) is 1. The lowest BCUT2D eigenvalue weighted by atomic mass is 9.98. The highest BCUT2D eigenvalue weighted by molar-refractivity contribution is 5.50. The van der Waals surface area contributed by atoms with Crippen LogP contribution in [0.15, 0.2) is 43.0 Å². The van der Waals surface area contributed by atoms with Gasteiger partial charge in [0, 0.05) is 17.8 Å². The molecule has 7 heteroatoms. The number of halogens is 1. The third-order valence-corrected chi connectivity index (χ3v) is 3.66. The van der Waals surface area contributed by atoms with Gasteiger partial charge in [0.2, 0.25) is 6.33 Å². The molecule has 0 spiro atoms. The van der Waals surface area contributed by atoms with Crippen molar-refractivity contribution in [2.24, 2.45) is 7.05 Å². The fraction of sp³-hybridized carbons (Fsp3) is 0.400. The molecule has 0 saturated heterocycles. The Bertz CT molecular complexity index is 627. The summed E-state index contributed by atoms with van der Waals surface area (Å²) in [6.45, 7) is 5.09. The van der Waals surface area contributed by atoms with E-state index in [9.17, 15) is 10.1 Å². The lowest BCUT2D eigenvalue weighted by molar-refractivity contribution is -0.671. The number of anilines is 1. The summed E-state index contributed by atoms with van der Waals surface area (Å²) in [6.07, 6.45) is 7.00. The van der Waals surface area contributed by atoms with Crippen molar-refractivity contribution in [3.8, 4) is 0 Å². The Morgan fingerprint density at radius 1 is 1.36 bits per heavy atom. The number of hydrogen-bond acceptors (Lipinski definition) is 3. The molecule has 1 atom stereocenters. The lowest BCUT2D eigenvalue weighted by Gasteiger charge is -2.29. The van der Waals surface area contributed by atoms with Crippen molar-refractivity contribution in [2.75, 3.05) is 5.32 Å². The molecule has 0 aliphatic heterocycles. The monoisotopic (exact) mass is 324 g/mol. The van der Waals surface area contributed by atoms with E-state index < -0.39 is 0 Å². The molecule has 0 aliphatic carbocycles. The van der Waals surface area contributed by atoms with Gasteiger partial charge >= 0.3 is 0 Å². The Labute approximate surface area is 136 Å². The molecule has 22 heavy (non-hydrogen) atoms. The number of rotatable bonds is 6. The minimum absolute atomic E-state index is 0. The first kappa shape index (κ1) is 18.0. The molecule has 0 saturated carbocycles. The van der Waals surface area contributed by atoms with E-state index in [2.05, 4.69) is 23.7 Å². The Kier molecular flexibility index (Phi) is 5.93. The van der Waals surface area contributed by atoms with Crippen LogP contribution in [0.3, 0.4) is 0 Å². The molecule has 1 aromatic heterocycles. The molecule has 2 rings (SSSR count). The number of nitrogens with zero attached hydrogens (tertiary/aromatic N) is 3. The van der Waals surface area contributed by atoms with E-state index in [1.165, 1.54) is 12.1 Å². The molecule has 1 N–H and O–H groups in total. The zero-order valence-corrected chi connectivity index (χ0v) is 13.7. The molecule has 0 bridgehead atoms. The Morgan fingerprint density at radius 3 is 2.45 bits per heavy atom. The highest BCUT2D eigenvalue weighted by Crippen LogP contribution is 2.22. The molecule has 1 unspecified atom stereocenters. The quantitative estimate of drug-likeness (QED) is 0.443. The number of benzene rings is 1. The van der Waals surface area contributed by atoms with Gasteiger partial charge in [-0.1, -0.05) is 6.92 Å². The summed E-state index contributed by atoms with van der Waals surface area (Å²) in [6, 6.07) is 6.55. The summed E-state index contributed by atoms with van der Waals surface area (Å²) in [5.41, 5.74) is 0.875. The lowest BCUT2D eigenvalue weighted by Crippen LogP contribution is -3.00. The predicted octanol–water partition coefficient (Wildman–Crippen LogP) is -0.494. The second-order valence-electron chi connectivity index (χ2n) is 5.59. The maximum absolute atomic E-state index is 10.7. The van der Waals surface area contributed by atoms with E-state index in [1.54, 1.807) is 12.1 Å². The van der Waals surface area contributed by atoms with Crippen molar-refractivity contribution >= 4 is 11.4 Å². The van der Waals surface area contributed by atoms with E-state index >= 15 is 0 Å². The second-order valence-corrected chi connectivity index (χ2v) is 5.59. The van der Waals surface area contributed by atoms with Crippen LogP contribution in [-0.2, 0) is 13.6 Å². The molecule has 1 aromatic carbocycles. The summed E-state index contributed by atoms with van der Waals surface area (Å²) in [7, 11) is 1.99. The van der Waals surface area contributed by atoms with Crippen LogP contribution in [0.4, 0.5) is 11.4 Å². The van der Waals surface area contributed by atoms with Gasteiger partial charge in [-0.2, -0.15) is 0 Å². The zero-order valence-electron chi connectivity index (χ0n) is 13.0. The Hall–Kier alpha value is -2.08. The van der Waals surface area contributed by atoms with Crippen molar-refractivity contribution < 1.29 is 21.9 Å². The zero-order chi connectivity index (χ0) is 15.5. The van der Waals surface area contributed by atoms with Gasteiger partial charge in [0.1, 0.15) is 18.9 Å². The molecule has 0 amide bonds. The Morgan fingerprint density at radius 2 is 2.00 bits per heavy atom. The molecular formula is C15H21ClN4O2. The second kappa shape index (κ2) is 7.26. The standard InChI is InChI=1S/C15H21N4O2.ClH/c1-4-15(2,11-18-10-9-17(3)12-18)16-13-5-7-14(8-6-13)19(20)21;/h5-10,12,16H,4,11H2,1-3H3;1H/q+1;/p-1. The van der Waals surface area contributed by atoms with Crippen molar-refractivity contribution in [3.05, 3.63) is 53.1 Å². The molecule has 0 radical (unpaired) electrons. The van der Waals surface area contributed by atoms with Crippen LogP contribution in [0.1, 0.15) is 20.3 Å². The van der Waals surface area contributed by atoms with Gasteiger partial charge in [-0.05, 0) is 25.5 Å². The molecule has 6 nitrogen and oxygen atoms in total. The van der Waals surface area contributed by atoms with E-state index in [1.807, 2.05) is 30.3 Å². The SMILES string of the molecule is CCC(C)(Cn1cc[n+](C)c1)Nc1ccc([N+](=O)[O-])cc1.[Cl-]. The van der Waals surface area contributed by atoms with Crippen LogP contribution in [-0.4, -0.2) is 15.0 Å². The van der Waals surface area contributed by atoms with Crippen molar-refractivity contribution in [2.45, 2.75) is 32.4 Å². The Balaban J connectivity index is 0.00000242. The number of aromatic nitrogens is 2. The molecular weight excluding hydrogens is 304 g/mol. The molecule has 1 heterocycles. The average Bonchev–Trinajstić information content (AvgIpc) is 2.84. The number of nitrogens with one attached hydrogen (secondary N) is 1. The van der Waals surface area contributed by atoms with E-state index in [4.69, 9.17) is 0 Å². The third-order valence-electron chi connectivity index (χ3n) is 3.66. The number of imidazole rings is 1. The fourth-order valence-electron chi connectivity index (χ4n) is 2.25. The molecule has 0 aliphatic rings. The van der Waals surface area contributed by atoms with Gasteiger partial charge in [0.25, 0.3) is 5.69 Å². The van der Waals surface area contributed by atoms with Crippen LogP contribution in [0.25, 0.3) is 0 Å². The van der Waals surface area contributed by atoms with Gasteiger partial charge in [-0.3, -0.25) is 10.1 Å². The topological polar surface area (TPSA) is 64.0 Å². The molecule has 120 valence electrons. The highest BCUT2D eigenvalue weighted by Gasteiger charge is 2.25. The number of aryl methyl sites for hydroxylation is 1. The number of non-ortho nitro benzene ring substituents is 1. The van der Waals surface area contributed by atoms with Crippen molar-refractivity contribution in [1.29, 1.82) is 0 Å². The van der Waals surface area contributed by atoms with Gasteiger partial charge in [0.05, 0.1) is 17.5 Å². The third kappa shape index (κ3) is 4.46. The van der Waals surface area contributed by atoms with Crippen LogP contribution >= 0.6 is 0 Å². The number of nitro benzene ring substituents is 1. The first-order valence-corrected chi connectivity index (χ1v) is 6.95. The van der Waals surface area contributed by atoms with Crippen LogP contribution in [0.5, 0.6) is 0 Å². The summed E-state index contributed by atoms with van der Waals surface area (Å²) in [4.78, 5) is 10.3. The largest absolute Gasteiger partial charge is 1.00 e. The van der Waals surface area contributed by atoms with Crippen LogP contribution < -0.4 is 22.3 Å². The van der Waals surface area contributed by atoms with E-state index in [0.29, 0.717) is 0 Å². The summed E-state index contributed by atoms with van der Waals surface area (Å²) >= 11 is 0. The van der Waals surface area contributed by atoms with Gasteiger partial charge in [0.15, 0.2) is 0 Å². The predicted molar refractivity (Wildman–Crippen MR) is 81.0 cm³/mol. The van der Waals surface area contributed by atoms with Crippen molar-refractivity contribution in [1.82, 2.24) is 4.57 Å². The first-order valence-electron chi connectivity index (χ1n) is 6.95. The molecule has 2 aromatic rings. The van der Waals surface area contributed by atoms with E-state index in [0.717, 1.165) is 18.7 Å². The normalized spacial score (nSPS) is 13.0. The minimum Gasteiger partial charge on any atom is -1.00 e.